The lowest BCUT2D eigenvalue weighted by Crippen LogP contribution is -2.47. The number of nitrogens with zero attached hydrogens (tertiary/aromatic N) is 1. The van der Waals surface area contributed by atoms with Gasteiger partial charge >= 0.3 is 5.97 Å². The van der Waals surface area contributed by atoms with Gasteiger partial charge in [-0.05, 0) is 25.5 Å². The number of thiazole rings is 1. The quantitative estimate of drug-likeness (QED) is 0.677. The first kappa shape index (κ1) is 20.6. The zero-order valence-corrected chi connectivity index (χ0v) is 16.4. The fraction of sp³-hybridized carbons (Fsp3) is 0.368. The van der Waals surface area contributed by atoms with E-state index >= 15 is 0 Å². The normalized spacial score (nSPS) is 12.7. The molecule has 1 aromatic heterocycles. The number of rotatable bonds is 8. The van der Waals surface area contributed by atoms with Gasteiger partial charge in [0, 0.05) is 16.5 Å². The summed E-state index contributed by atoms with van der Waals surface area (Å²) < 4.78 is 4.68. The first-order chi connectivity index (χ1) is 12.8. The predicted molar refractivity (Wildman–Crippen MR) is 104 cm³/mol. The van der Waals surface area contributed by atoms with Gasteiger partial charge in [0.05, 0.1) is 25.6 Å². The molecule has 1 heterocycles. The highest BCUT2D eigenvalue weighted by Gasteiger charge is 2.28. The van der Waals surface area contributed by atoms with Crippen LogP contribution in [-0.4, -0.2) is 35.4 Å². The van der Waals surface area contributed by atoms with Gasteiger partial charge in [-0.1, -0.05) is 25.1 Å². The number of ether oxygens (including phenoxy) is 1. The third-order valence-electron chi connectivity index (χ3n) is 4.13. The third-order valence-corrected chi connectivity index (χ3v) is 4.94. The summed E-state index contributed by atoms with van der Waals surface area (Å²) in [4.78, 5) is 40.3. The molecule has 1 aromatic carbocycles. The molecule has 144 valence electrons. The number of carbonyl (C=O) groups is 3. The average molecular weight is 389 g/mol. The number of esters is 1. The summed E-state index contributed by atoms with van der Waals surface area (Å²) in [6.45, 7) is 3.69. The second-order valence-corrected chi connectivity index (χ2v) is 7.21. The molecule has 0 saturated carbocycles. The lowest BCUT2D eigenvalue weighted by Gasteiger charge is -2.28. The van der Waals surface area contributed by atoms with Crippen molar-refractivity contribution in [3.8, 4) is 0 Å². The average Bonchev–Trinajstić information content (AvgIpc) is 3.08. The molecule has 0 radical (unpaired) electrons. The van der Waals surface area contributed by atoms with Gasteiger partial charge in [-0.2, -0.15) is 0 Å². The molecule has 7 nitrogen and oxygen atoms in total. The largest absolute Gasteiger partial charge is 0.469 e. The number of carbonyl (C=O) groups excluding carboxylic acids is 3. The summed E-state index contributed by atoms with van der Waals surface area (Å²) in [5.41, 5.74) is 0.413. The molecule has 1 unspecified atom stereocenters. The highest BCUT2D eigenvalue weighted by Crippen LogP contribution is 2.19. The van der Waals surface area contributed by atoms with E-state index in [1.807, 2.05) is 13.0 Å². The molecule has 0 fully saturated rings. The van der Waals surface area contributed by atoms with Gasteiger partial charge in [-0.3, -0.25) is 19.7 Å². The minimum Gasteiger partial charge on any atom is -0.469 e. The topological polar surface area (TPSA) is 97.4 Å². The van der Waals surface area contributed by atoms with Crippen LogP contribution in [0.2, 0.25) is 0 Å². The minimum atomic E-state index is -0.676. The van der Waals surface area contributed by atoms with E-state index in [0.29, 0.717) is 22.8 Å². The molecule has 0 aliphatic heterocycles. The van der Waals surface area contributed by atoms with E-state index in [4.69, 9.17) is 0 Å². The van der Waals surface area contributed by atoms with Crippen molar-refractivity contribution in [2.24, 2.45) is 0 Å². The summed E-state index contributed by atoms with van der Waals surface area (Å²) in [5.74, 6) is -0.869. The number of hydrogen-bond acceptors (Lipinski definition) is 6. The van der Waals surface area contributed by atoms with E-state index in [9.17, 15) is 14.4 Å². The molecule has 2 rings (SSSR count). The summed E-state index contributed by atoms with van der Waals surface area (Å²) in [5, 5.41) is 7.75. The minimum absolute atomic E-state index is 0.0640. The van der Waals surface area contributed by atoms with Gasteiger partial charge in [0.15, 0.2) is 5.13 Å². The molecule has 0 aliphatic carbocycles. The Morgan fingerprint density at radius 3 is 2.56 bits per heavy atom. The molecule has 8 heteroatoms. The second-order valence-electron chi connectivity index (χ2n) is 6.36. The van der Waals surface area contributed by atoms with Gasteiger partial charge in [-0.25, -0.2) is 4.98 Å². The van der Waals surface area contributed by atoms with Crippen LogP contribution < -0.4 is 10.6 Å². The number of anilines is 1. The van der Waals surface area contributed by atoms with Crippen LogP contribution in [0.4, 0.5) is 5.13 Å². The van der Waals surface area contributed by atoms with E-state index in [0.717, 1.165) is 0 Å². The maximum absolute atomic E-state index is 12.3. The van der Waals surface area contributed by atoms with Crippen LogP contribution in [0.15, 0.2) is 35.7 Å². The highest BCUT2D eigenvalue weighted by molar-refractivity contribution is 7.14. The monoisotopic (exact) mass is 389 g/mol. The fourth-order valence-corrected chi connectivity index (χ4v) is 3.10. The molecule has 2 amide bonds. The van der Waals surface area contributed by atoms with Crippen molar-refractivity contribution >= 4 is 34.3 Å². The number of benzene rings is 1. The van der Waals surface area contributed by atoms with Crippen molar-refractivity contribution in [1.82, 2.24) is 10.3 Å². The lowest BCUT2D eigenvalue weighted by atomic mass is 9.94. The Labute approximate surface area is 162 Å². The highest BCUT2D eigenvalue weighted by atomic mass is 32.1. The smallest absolute Gasteiger partial charge is 0.307 e. The first-order valence-corrected chi connectivity index (χ1v) is 9.42. The standard InChI is InChI=1S/C19H23N3O4S/c1-4-19(2,11-16(24)26-3)22-15(23)10-14-12-27-18(20-14)21-17(25)13-8-6-5-7-9-13/h5-9,12H,4,10-11H2,1-3H3,(H,22,23)(H,20,21,25). The molecule has 1 atom stereocenters. The Morgan fingerprint density at radius 2 is 1.93 bits per heavy atom. The summed E-state index contributed by atoms with van der Waals surface area (Å²) >= 11 is 1.26. The molecular weight excluding hydrogens is 366 g/mol. The molecule has 0 bridgehead atoms. The number of methoxy groups -OCH3 is 1. The van der Waals surface area contributed by atoms with Gasteiger partial charge in [0.1, 0.15) is 0 Å². The van der Waals surface area contributed by atoms with E-state index in [1.165, 1.54) is 18.4 Å². The van der Waals surface area contributed by atoms with Crippen molar-refractivity contribution in [3.63, 3.8) is 0 Å². The van der Waals surface area contributed by atoms with Gasteiger partial charge < -0.3 is 10.1 Å². The number of amides is 2. The van der Waals surface area contributed by atoms with E-state index < -0.39 is 5.54 Å². The zero-order chi connectivity index (χ0) is 19.9. The van der Waals surface area contributed by atoms with Gasteiger partial charge in [0.2, 0.25) is 5.91 Å². The van der Waals surface area contributed by atoms with Crippen molar-refractivity contribution < 1.29 is 19.1 Å². The van der Waals surface area contributed by atoms with Crippen LogP contribution in [0.1, 0.15) is 42.7 Å². The Balaban J connectivity index is 1.93. The van der Waals surface area contributed by atoms with Crippen LogP contribution in [0.5, 0.6) is 0 Å². The van der Waals surface area contributed by atoms with Crippen LogP contribution in [0.3, 0.4) is 0 Å². The van der Waals surface area contributed by atoms with Crippen molar-refractivity contribution in [2.45, 2.75) is 38.6 Å². The molecular formula is C19H23N3O4S. The van der Waals surface area contributed by atoms with E-state index in [2.05, 4.69) is 20.4 Å². The Hall–Kier alpha value is -2.74. The van der Waals surface area contributed by atoms with Crippen molar-refractivity contribution in [3.05, 3.63) is 47.0 Å². The number of aromatic nitrogens is 1. The van der Waals surface area contributed by atoms with Gasteiger partial charge in [0.25, 0.3) is 5.91 Å². The first-order valence-electron chi connectivity index (χ1n) is 8.54. The Kier molecular flexibility index (Phi) is 7.06. The summed E-state index contributed by atoms with van der Waals surface area (Å²) in [7, 11) is 1.32. The molecule has 27 heavy (non-hydrogen) atoms. The van der Waals surface area contributed by atoms with Crippen LogP contribution in [0, 0.1) is 0 Å². The van der Waals surface area contributed by atoms with Crippen molar-refractivity contribution in [1.29, 1.82) is 0 Å². The summed E-state index contributed by atoms with van der Waals surface area (Å²) in [6.07, 6.45) is 0.749. The zero-order valence-electron chi connectivity index (χ0n) is 15.6. The van der Waals surface area contributed by atoms with Gasteiger partial charge in [-0.15, -0.1) is 11.3 Å². The maximum atomic E-state index is 12.3. The van der Waals surface area contributed by atoms with Crippen molar-refractivity contribution in [2.75, 3.05) is 12.4 Å². The number of hydrogen-bond donors (Lipinski definition) is 2. The number of nitrogens with one attached hydrogen (secondary N) is 2. The van der Waals surface area contributed by atoms with E-state index in [-0.39, 0.29) is 30.6 Å². The van der Waals surface area contributed by atoms with Crippen LogP contribution >= 0.6 is 11.3 Å². The molecule has 0 saturated heterocycles. The molecule has 0 spiro atoms. The SMILES string of the molecule is CCC(C)(CC(=O)OC)NC(=O)Cc1csc(NC(=O)c2ccccc2)n1. The Bertz CT molecular complexity index is 806. The molecule has 0 aliphatic rings. The lowest BCUT2D eigenvalue weighted by molar-refractivity contribution is -0.142. The second kappa shape index (κ2) is 9.27. The summed E-state index contributed by atoms with van der Waals surface area (Å²) in [6, 6.07) is 8.83. The maximum Gasteiger partial charge on any atom is 0.307 e. The fourth-order valence-electron chi connectivity index (χ4n) is 2.40. The van der Waals surface area contributed by atoms with Crippen LogP contribution in [-0.2, 0) is 20.7 Å². The molecule has 2 N–H and O–H groups in total. The van der Waals surface area contributed by atoms with Crippen LogP contribution in [0.25, 0.3) is 0 Å². The Morgan fingerprint density at radius 1 is 1.22 bits per heavy atom. The van der Waals surface area contributed by atoms with E-state index in [1.54, 1.807) is 36.6 Å². The predicted octanol–water partition coefficient (Wildman–Crippen LogP) is 2.79. The third kappa shape index (κ3) is 6.18. The molecule has 2 aromatic rings.